The molecule has 0 saturated heterocycles. The Labute approximate surface area is 195 Å². The molecule has 0 atom stereocenters. The molecule has 0 saturated carbocycles. The van der Waals surface area contributed by atoms with Crippen LogP contribution in [-0.4, -0.2) is 5.91 Å². The lowest BCUT2D eigenvalue weighted by Gasteiger charge is -2.34. The highest BCUT2D eigenvalue weighted by Crippen LogP contribution is 2.58. The summed E-state index contributed by atoms with van der Waals surface area (Å²) in [6.45, 7) is 0. The zero-order valence-electron chi connectivity index (χ0n) is 17.2. The van der Waals surface area contributed by atoms with Crippen LogP contribution in [0.3, 0.4) is 0 Å². The van der Waals surface area contributed by atoms with Gasteiger partial charge in [0.1, 0.15) is 27.7 Å². The van der Waals surface area contributed by atoms with E-state index in [2.05, 4.69) is 5.32 Å². The van der Waals surface area contributed by atoms with E-state index in [1.54, 1.807) is 66.7 Å². The van der Waals surface area contributed by atoms with Crippen LogP contribution in [0.1, 0.15) is 16.7 Å². The minimum Gasteiger partial charge on any atom is -0.455 e. The summed E-state index contributed by atoms with van der Waals surface area (Å²) in [5.41, 5.74) is -2.55. The number of halogens is 1. The quantitative estimate of drug-likeness (QED) is 0.322. The van der Waals surface area contributed by atoms with Crippen molar-refractivity contribution < 1.29 is 18.4 Å². The van der Waals surface area contributed by atoms with Gasteiger partial charge in [0.25, 0.3) is 0 Å². The Balaban J connectivity index is 1.79. The van der Waals surface area contributed by atoms with E-state index in [4.69, 9.17) is 25.2 Å². The van der Waals surface area contributed by atoms with Crippen LogP contribution in [0.2, 0.25) is 5.02 Å². The molecule has 0 unspecified atom stereocenters. The second-order valence-electron chi connectivity index (χ2n) is 8.15. The molecule has 4 heterocycles. The highest BCUT2D eigenvalue weighted by Gasteiger charge is 2.60. The van der Waals surface area contributed by atoms with Crippen LogP contribution in [0.4, 0.5) is 5.69 Å². The van der Waals surface area contributed by atoms with E-state index >= 15 is 0 Å². The van der Waals surface area contributed by atoms with Gasteiger partial charge in [0.15, 0.2) is 11.5 Å². The molecule has 8 heteroatoms. The number of rotatable bonds is 0. The largest absolute Gasteiger partial charge is 0.455 e. The van der Waals surface area contributed by atoms with Gasteiger partial charge >= 0.3 is 11.3 Å². The molecule has 0 fully saturated rings. The predicted octanol–water partition coefficient (Wildman–Crippen LogP) is 4.95. The minimum atomic E-state index is -1.92. The van der Waals surface area contributed by atoms with Crippen LogP contribution in [0.25, 0.3) is 21.9 Å². The van der Waals surface area contributed by atoms with Gasteiger partial charge in [0, 0.05) is 16.3 Å². The average Bonchev–Trinajstić information content (AvgIpc) is 3.11. The Morgan fingerprint density at radius 2 is 1.24 bits per heavy atom. The number of carbonyl (C=O) groups excluding carboxylic acids is 1. The van der Waals surface area contributed by atoms with Gasteiger partial charge in [-0.15, -0.1) is 0 Å². The topological polar surface area (TPSA) is 98.8 Å². The summed E-state index contributed by atoms with van der Waals surface area (Å²) in [4.78, 5) is 40.9. The predicted molar refractivity (Wildman–Crippen MR) is 125 cm³/mol. The number of hydrogen-bond acceptors (Lipinski definition) is 6. The molecular formula is C26H12ClNO6. The summed E-state index contributed by atoms with van der Waals surface area (Å²) in [6, 6.07) is 18.6. The van der Waals surface area contributed by atoms with E-state index in [0.717, 1.165) is 0 Å². The molecule has 34 heavy (non-hydrogen) atoms. The van der Waals surface area contributed by atoms with Crippen molar-refractivity contribution in [1.29, 1.82) is 0 Å². The molecule has 2 aliphatic rings. The second-order valence-corrected chi connectivity index (χ2v) is 8.56. The van der Waals surface area contributed by atoms with Crippen LogP contribution in [0.15, 0.2) is 85.2 Å². The average molecular weight is 470 g/mol. The maximum atomic E-state index is 13.9. The highest BCUT2D eigenvalue weighted by molar-refractivity contribution is 6.33. The molecule has 1 N–H and O–H groups in total. The molecule has 7 nitrogen and oxygen atoms in total. The summed E-state index contributed by atoms with van der Waals surface area (Å²) < 4.78 is 17.5. The third-order valence-electron chi connectivity index (χ3n) is 6.46. The summed E-state index contributed by atoms with van der Waals surface area (Å²) in [5.74, 6) is -0.345. The second kappa shape index (κ2) is 6.36. The Bertz CT molecular complexity index is 1750. The molecular weight excluding hydrogens is 458 g/mol. The van der Waals surface area contributed by atoms with E-state index in [9.17, 15) is 14.4 Å². The van der Waals surface area contributed by atoms with E-state index in [1.165, 1.54) is 0 Å². The molecule has 3 aromatic carbocycles. The van der Waals surface area contributed by atoms with Gasteiger partial charge in [-0.2, -0.15) is 0 Å². The first-order valence-electron chi connectivity index (χ1n) is 10.4. The maximum Gasteiger partial charge on any atom is 0.345 e. The molecule has 5 aromatic rings. The van der Waals surface area contributed by atoms with Crippen molar-refractivity contribution in [2.75, 3.05) is 5.32 Å². The van der Waals surface area contributed by atoms with Crippen LogP contribution in [0, 0.1) is 0 Å². The van der Waals surface area contributed by atoms with Gasteiger partial charge in [-0.3, -0.25) is 4.79 Å². The van der Waals surface area contributed by atoms with Gasteiger partial charge in [-0.25, -0.2) is 9.59 Å². The SMILES string of the molecule is O=C1Nc2cccc(Cl)c2C12c1c(c3ccccc3oc1=O)Oc1c2c(=O)oc2ccccc12. The van der Waals surface area contributed by atoms with Crippen molar-refractivity contribution in [2.45, 2.75) is 5.41 Å². The third-order valence-corrected chi connectivity index (χ3v) is 6.78. The summed E-state index contributed by atoms with van der Waals surface area (Å²) >= 11 is 6.63. The third kappa shape index (κ3) is 2.14. The van der Waals surface area contributed by atoms with Gasteiger partial charge in [-0.1, -0.05) is 41.9 Å². The lowest BCUT2D eigenvalue weighted by atomic mass is 9.69. The lowest BCUT2D eigenvalue weighted by molar-refractivity contribution is -0.118. The first-order valence-corrected chi connectivity index (χ1v) is 10.8. The van der Waals surface area contributed by atoms with Gasteiger partial charge < -0.3 is 18.9 Å². The number of ether oxygens (including phenoxy) is 1. The van der Waals surface area contributed by atoms with Crippen molar-refractivity contribution >= 4 is 45.1 Å². The van der Waals surface area contributed by atoms with Crippen molar-refractivity contribution in [1.82, 2.24) is 0 Å². The molecule has 2 aliphatic heterocycles. The summed E-state index contributed by atoms with van der Waals surface area (Å²) in [5, 5.41) is 3.95. The fourth-order valence-electron chi connectivity index (χ4n) is 5.14. The number of para-hydroxylation sites is 2. The molecule has 0 aliphatic carbocycles. The zero-order valence-corrected chi connectivity index (χ0v) is 17.9. The van der Waals surface area contributed by atoms with Crippen molar-refractivity contribution in [2.24, 2.45) is 0 Å². The maximum absolute atomic E-state index is 13.9. The molecule has 0 radical (unpaired) electrons. The number of anilines is 1. The Hall–Kier alpha value is -4.36. The monoisotopic (exact) mass is 469 g/mol. The van der Waals surface area contributed by atoms with Crippen molar-refractivity contribution in [3.63, 3.8) is 0 Å². The molecule has 2 aromatic heterocycles. The van der Waals surface area contributed by atoms with Gasteiger partial charge in [0.2, 0.25) is 5.91 Å². The molecule has 0 bridgehead atoms. The lowest BCUT2D eigenvalue weighted by Crippen LogP contribution is -2.46. The minimum absolute atomic E-state index is 0.120. The summed E-state index contributed by atoms with van der Waals surface area (Å²) in [7, 11) is 0. The number of benzene rings is 3. The number of nitrogens with one attached hydrogen (secondary N) is 1. The number of hydrogen-bond donors (Lipinski definition) is 1. The Morgan fingerprint density at radius 3 is 1.82 bits per heavy atom. The molecule has 1 amide bonds. The molecule has 7 rings (SSSR count). The van der Waals surface area contributed by atoms with Gasteiger partial charge in [-0.05, 0) is 36.4 Å². The van der Waals surface area contributed by atoms with E-state index in [0.29, 0.717) is 16.5 Å². The van der Waals surface area contributed by atoms with Crippen LogP contribution in [-0.2, 0) is 10.2 Å². The number of amides is 1. The Morgan fingerprint density at radius 1 is 0.676 bits per heavy atom. The van der Waals surface area contributed by atoms with Crippen LogP contribution >= 0.6 is 11.6 Å². The van der Waals surface area contributed by atoms with E-state index in [-0.39, 0.29) is 44.4 Å². The summed E-state index contributed by atoms with van der Waals surface area (Å²) in [6.07, 6.45) is 0. The molecule has 1 spiro atoms. The van der Waals surface area contributed by atoms with E-state index < -0.39 is 22.6 Å². The van der Waals surface area contributed by atoms with Gasteiger partial charge in [0.05, 0.1) is 10.8 Å². The smallest absolute Gasteiger partial charge is 0.345 e. The molecule has 164 valence electrons. The number of carbonyl (C=O) groups is 1. The highest BCUT2D eigenvalue weighted by atomic mass is 35.5. The fraction of sp³-hybridized carbons (Fsp3) is 0.0385. The zero-order chi connectivity index (χ0) is 23.2. The van der Waals surface area contributed by atoms with E-state index in [1.807, 2.05) is 0 Å². The van der Waals surface area contributed by atoms with Crippen LogP contribution in [0.5, 0.6) is 11.5 Å². The van der Waals surface area contributed by atoms with Crippen molar-refractivity contribution in [3.8, 4) is 11.5 Å². The Kier molecular flexibility index (Phi) is 3.58. The van der Waals surface area contributed by atoms with Crippen LogP contribution < -0.4 is 21.3 Å². The number of fused-ring (bicyclic) bond motifs is 10. The normalized spacial score (nSPS) is 15.0. The standard InChI is InChI=1S/C26H12ClNO6/c27-14-8-5-9-15-18(14)26(25(31)28-15)19-21(12-6-1-3-10-16(12)32-23(19)29)34-22-13-7-2-4-11-17(13)33-24(30)20(22)26/h1-11H,(H,28,31). The first kappa shape index (κ1) is 19.1. The fourth-order valence-corrected chi connectivity index (χ4v) is 5.46. The first-order chi connectivity index (χ1) is 16.5. The van der Waals surface area contributed by atoms with Crippen molar-refractivity contribution in [3.05, 3.63) is 109 Å².